The second-order valence-corrected chi connectivity index (χ2v) is 5.37. The number of nitrogens with one attached hydrogen (secondary N) is 2. The average molecular weight is 295 g/mol. The Labute approximate surface area is 122 Å². The van der Waals surface area contributed by atoms with Crippen LogP contribution >= 0.6 is 0 Å². The SMILES string of the molecule is CC(CCC(=O)O)NC(=O)c1cn(C2CCNCC2)nn1. The summed E-state index contributed by atoms with van der Waals surface area (Å²) in [6, 6.07) is 0.0716. The first-order chi connectivity index (χ1) is 10.1. The molecule has 8 heteroatoms. The van der Waals surface area contributed by atoms with Crippen molar-refractivity contribution in [3.63, 3.8) is 0 Å². The summed E-state index contributed by atoms with van der Waals surface area (Å²) in [4.78, 5) is 22.5. The molecule has 3 N–H and O–H groups in total. The summed E-state index contributed by atoms with van der Waals surface area (Å²) >= 11 is 0. The fourth-order valence-electron chi connectivity index (χ4n) is 2.34. The van der Waals surface area contributed by atoms with Gasteiger partial charge >= 0.3 is 5.97 Å². The molecule has 0 spiro atoms. The van der Waals surface area contributed by atoms with Crippen LogP contribution in [0.25, 0.3) is 0 Å². The number of carboxylic acids is 1. The predicted octanol–water partition coefficient (Wildman–Crippen LogP) is 0.186. The summed E-state index contributed by atoms with van der Waals surface area (Å²) < 4.78 is 1.75. The fraction of sp³-hybridized carbons (Fsp3) is 0.692. The minimum Gasteiger partial charge on any atom is -0.481 e. The van der Waals surface area contributed by atoms with E-state index >= 15 is 0 Å². The van der Waals surface area contributed by atoms with Crippen molar-refractivity contribution in [2.45, 2.75) is 44.7 Å². The maximum absolute atomic E-state index is 12.0. The zero-order valence-corrected chi connectivity index (χ0v) is 12.1. The van der Waals surface area contributed by atoms with Gasteiger partial charge in [-0.3, -0.25) is 9.59 Å². The number of hydrogen-bond acceptors (Lipinski definition) is 5. The molecule has 1 saturated heterocycles. The highest BCUT2D eigenvalue weighted by Crippen LogP contribution is 2.17. The van der Waals surface area contributed by atoms with Crippen molar-refractivity contribution in [3.05, 3.63) is 11.9 Å². The molecule has 1 aliphatic rings. The Kier molecular flexibility index (Phi) is 5.26. The summed E-state index contributed by atoms with van der Waals surface area (Å²) in [6.45, 7) is 3.66. The topological polar surface area (TPSA) is 109 Å². The molecule has 1 fully saturated rings. The highest BCUT2D eigenvalue weighted by atomic mass is 16.4. The van der Waals surface area contributed by atoms with Crippen LogP contribution in [0.2, 0.25) is 0 Å². The Balaban J connectivity index is 1.87. The zero-order chi connectivity index (χ0) is 15.2. The lowest BCUT2D eigenvalue weighted by Crippen LogP contribution is -2.33. The van der Waals surface area contributed by atoms with Crippen molar-refractivity contribution in [2.24, 2.45) is 0 Å². The summed E-state index contributed by atoms with van der Waals surface area (Å²) in [5.74, 6) is -1.18. The van der Waals surface area contributed by atoms with E-state index in [1.165, 1.54) is 0 Å². The standard InChI is InChI=1S/C13H21N5O3/c1-9(2-3-12(19)20)15-13(21)11-8-18(17-16-11)10-4-6-14-7-5-10/h8-10,14H,2-7H2,1H3,(H,15,21)(H,19,20). The van der Waals surface area contributed by atoms with Crippen LogP contribution in [0.3, 0.4) is 0 Å². The number of amides is 1. The molecule has 0 saturated carbocycles. The van der Waals surface area contributed by atoms with Crippen molar-refractivity contribution < 1.29 is 14.7 Å². The van der Waals surface area contributed by atoms with Gasteiger partial charge in [-0.1, -0.05) is 5.21 Å². The number of piperidine rings is 1. The third kappa shape index (κ3) is 4.52. The minimum atomic E-state index is -0.868. The molecule has 0 bridgehead atoms. The Bertz CT molecular complexity index is 496. The molecule has 1 amide bonds. The van der Waals surface area contributed by atoms with Gasteiger partial charge in [-0.15, -0.1) is 5.10 Å². The average Bonchev–Trinajstić information content (AvgIpc) is 2.96. The third-order valence-electron chi connectivity index (χ3n) is 3.59. The molecule has 0 radical (unpaired) electrons. The molecular formula is C13H21N5O3. The number of nitrogens with zero attached hydrogens (tertiary/aromatic N) is 3. The van der Waals surface area contributed by atoms with Gasteiger partial charge in [0, 0.05) is 12.5 Å². The first-order valence-electron chi connectivity index (χ1n) is 7.21. The van der Waals surface area contributed by atoms with Crippen LogP contribution < -0.4 is 10.6 Å². The molecular weight excluding hydrogens is 274 g/mol. The Morgan fingerprint density at radius 2 is 2.24 bits per heavy atom. The van der Waals surface area contributed by atoms with E-state index in [9.17, 15) is 9.59 Å². The second kappa shape index (κ2) is 7.16. The van der Waals surface area contributed by atoms with Crippen LogP contribution in [0.1, 0.15) is 49.1 Å². The summed E-state index contributed by atoms with van der Waals surface area (Å²) in [7, 11) is 0. The predicted molar refractivity (Wildman–Crippen MR) is 75.0 cm³/mol. The number of aliphatic carboxylic acids is 1. The lowest BCUT2D eigenvalue weighted by molar-refractivity contribution is -0.137. The van der Waals surface area contributed by atoms with Crippen LogP contribution in [-0.4, -0.2) is 51.1 Å². The maximum atomic E-state index is 12.0. The number of rotatable bonds is 6. The third-order valence-corrected chi connectivity index (χ3v) is 3.59. The van der Waals surface area contributed by atoms with E-state index < -0.39 is 5.97 Å². The van der Waals surface area contributed by atoms with Crippen molar-refractivity contribution in [1.29, 1.82) is 0 Å². The first-order valence-corrected chi connectivity index (χ1v) is 7.21. The van der Waals surface area contributed by atoms with Gasteiger partial charge in [0.2, 0.25) is 0 Å². The van der Waals surface area contributed by atoms with Gasteiger partial charge in [0.25, 0.3) is 5.91 Å². The van der Waals surface area contributed by atoms with Crippen LogP contribution in [0.5, 0.6) is 0 Å². The molecule has 1 aromatic heterocycles. The van der Waals surface area contributed by atoms with E-state index in [0.29, 0.717) is 6.42 Å². The van der Waals surface area contributed by atoms with Crippen LogP contribution in [0.4, 0.5) is 0 Å². The quantitative estimate of drug-likeness (QED) is 0.691. The normalized spacial score (nSPS) is 17.4. The molecule has 1 aromatic rings. The van der Waals surface area contributed by atoms with E-state index in [1.54, 1.807) is 17.8 Å². The number of hydrogen-bond donors (Lipinski definition) is 3. The molecule has 2 heterocycles. The van der Waals surface area contributed by atoms with Gasteiger partial charge < -0.3 is 15.7 Å². The molecule has 1 atom stereocenters. The monoisotopic (exact) mass is 295 g/mol. The Morgan fingerprint density at radius 1 is 1.52 bits per heavy atom. The molecule has 1 unspecified atom stereocenters. The summed E-state index contributed by atoms with van der Waals surface area (Å²) in [5, 5.41) is 22.6. The second-order valence-electron chi connectivity index (χ2n) is 5.37. The van der Waals surface area contributed by atoms with Crippen molar-refractivity contribution in [2.75, 3.05) is 13.1 Å². The number of carboxylic acid groups (broad SMARTS) is 1. The first kappa shape index (κ1) is 15.4. The van der Waals surface area contributed by atoms with Crippen molar-refractivity contribution in [1.82, 2.24) is 25.6 Å². The molecule has 0 aromatic carbocycles. The van der Waals surface area contributed by atoms with E-state index in [2.05, 4.69) is 20.9 Å². The summed E-state index contributed by atoms with van der Waals surface area (Å²) in [6.07, 6.45) is 4.03. The highest BCUT2D eigenvalue weighted by Gasteiger charge is 2.19. The van der Waals surface area contributed by atoms with E-state index in [0.717, 1.165) is 25.9 Å². The number of carbonyl (C=O) groups excluding carboxylic acids is 1. The Hall–Kier alpha value is -1.96. The van der Waals surface area contributed by atoms with Crippen LogP contribution in [0, 0.1) is 0 Å². The van der Waals surface area contributed by atoms with Crippen LogP contribution in [-0.2, 0) is 4.79 Å². The largest absolute Gasteiger partial charge is 0.481 e. The molecule has 2 rings (SSSR count). The number of carbonyl (C=O) groups is 2. The van der Waals surface area contributed by atoms with E-state index in [-0.39, 0.29) is 30.1 Å². The van der Waals surface area contributed by atoms with Gasteiger partial charge in [-0.2, -0.15) is 0 Å². The van der Waals surface area contributed by atoms with Gasteiger partial charge in [0.1, 0.15) is 0 Å². The molecule has 0 aliphatic carbocycles. The lowest BCUT2D eigenvalue weighted by atomic mass is 10.1. The molecule has 21 heavy (non-hydrogen) atoms. The molecule has 116 valence electrons. The maximum Gasteiger partial charge on any atom is 0.303 e. The van der Waals surface area contributed by atoms with E-state index in [4.69, 9.17) is 5.11 Å². The lowest BCUT2D eigenvalue weighted by Gasteiger charge is -2.22. The highest BCUT2D eigenvalue weighted by molar-refractivity contribution is 5.92. The minimum absolute atomic E-state index is 0.0310. The molecule has 8 nitrogen and oxygen atoms in total. The smallest absolute Gasteiger partial charge is 0.303 e. The zero-order valence-electron chi connectivity index (χ0n) is 12.1. The van der Waals surface area contributed by atoms with Gasteiger partial charge in [-0.05, 0) is 39.3 Å². The number of aromatic nitrogens is 3. The summed E-state index contributed by atoms with van der Waals surface area (Å²) in [5.41, 5.74) is 0.274. The fourth-order valence-corrected chi connectivity index (χ4v) is 2.34. The Morgan fingerprint density at radius 3 is 2.90 bits per heavy atom. The van der Waals surface area contributed by atoms with Crippen molar-refractivity contribution in [3.8, 4) is 0 Å². The van der Waals surface area contributed by atoms with Gasteiger partial charge in [0.05, 0.1) is 12.2 Å². The van der Waals surface area contributed by atoms with Gasteiger partial charge in [0.15, 0.2) is 5.69 Å². The van der Waals surface area contributed by atoms with Gasteiger partial charge in [-0.25, -0.2) is 4.68 Å². The molecule has 1 aliphatic heterocycles. The van der Waals surface area contributed by atoms with Crippen LogP contribution in [0.15, 0.2) is 6.20 Å². The van der Waals surface area contributed by atoms with E-state index in [1.807, 2.05) is 0 Å². The van der Waals surface area contributed by atoms with Crippen molar-refractivity contribution >= 4 is 11.9 Å².